The average molecular weight is 390 g/mol. The van der Waals surface area contributed by atoms with E-state index in [0.717, 1.165) is 17.1 Å². The first-order chi connectivity index (χ1) is 13.7. The zero-order valence-corrected chi connectivity index (χ0v) is 16.6. The standard InChI is InChI=1S/C23H23N3OS/c1-18-8-5-6-12-21(18)16-27-22-13-7-11-20(14-22)15-25-26-23(24)28-17-19-9-3-2-4-10-19/h2-15H,16-17H2,1H3,(H2,24,26). The maximum Gasteiger partial charge on any atom is 0.180 e. The number of nitrogens with zero attached hydrogens (tertiary/aromatic N) is 2. The Bertz CT molecular complexity index is 955. The predicted molar refractivity (Wildman–Crippen MR) is 119 cm³/mol. The highest BCUT2D eigenvalue weighted by Gasteiger charge is 2.00. The molecule has 0 fully saturated rings. The summed E-state index contributed by atoms with van der Waals surface area (Å²) >= 11 is 1.46. The molecular weight excluding hydrogens is 366 g/mol. The second-order valence-corrected chi connectivity index (χ2v) is 7.24. The van der Waals surface area contributed by atoms with Gasteiger partial charge in [-0.1, -0.05) is 78.5 Å². The summed E-state index contributed by atoms with van der Waals surface area (Å²) in [5.74, 6) is 1.57. The Hall–Kier alpha value is -3.05. The lowest BCUT2D eigenvalue weighted by Gasteiger charge is -2.08. The summed E-state index contributed by atoms with van der Waals surface area (Å²) < 4.78 is 5.90. The molecule has 0 aliphatic carbocycles. The number of rotatable bonds is 7. The van der Waals surface area contributed by atoms with Crippen LogP contribution < -0.4 is 10.5 Å². The van der Waals surface area contributed by atoms with Gasteiger partial charge in [0.1, 0.15) is 12.4 Å². The van der Waals surface area contributed by atoms with E-state index in [1.807, 2.05) is 54.6 Å². The monoisotopic (exact) mass is 389 g/mol. The molecule has 0 spiro atoms. The number of thioether (sulfide) groups is 1. The fourth-order valence-electron chi connectivity index (χ4n) is 2.53. The van der Waals surface area contributed by atoms with Crippen LogP contribution in [0.15, 0.2) is 89.1 Å². The third kappa shape index (κ3) is 6.28. The van der Waals surface area contributed by atoms with E-state index >= 15 is 0 Å². The lowest BCUT2D eigenvalue weighted by molar-refractivity contribution is 0.305. The van der Waals surface area contributed by atoms with E-state index in [1.54, 1.807) is 6.21 Å². The summed E-state index contributed by atoms with van der Waals surface area (Å²) in [6, 6.07) is 26.1. The molecule has 0 radical (unpaired) electrons. The molecule has 0 saturated carbocycles. The highest BCUT2D eigenvalue weighted by molar-refractivity contribution is 8.13. The quantitative estimate of drug-likeness (QED) is 0.345. The lowest BCUT2D eigenvalue weighted by Crippen LogP contribution is -2.06. The average Bonchev–Trinajstić information content (AvgIpc) is 2.73. The number of aryl methyl sites for hydroxylation is 1. The van der Waals surface area contributed by atoms with Crippen LogP contribution in [0.1, 0.15) is 22.3 Å². The van der Waals surface area contributed by atoms with Gasteiger partial charge in [0, 0.05) is 5.75 Å². The van der Waals surface area contributed by atoms with Crippen molar-refractivity contribution in [3.8, 4) is 5.75 Å². The van der Waals surface area contributed by atoms with Gasteiger partial charge in [0.05, 0.1) is 6.21 Å². The molecule has 0 saturated heterocycles. The summed E-state index contributed by atoms with van der Waals surface area (Å²) in [4.78, 5) is 0. The summed E-state index contributed by atoms with van der Waals surface area (Å²) in [5.41, 5.74) is 10.4. The van der Waals surface area contributed by atoms with Gasteiger partial charge >= 0.3 is 0 Å². The molecule has 5 heteroatoms. The molecule has 0 amide bonds. The highest BCUT2D eigenvalue weighted by Crippen LogP contribution is 2.16. The molecule has 142 valence electrons. The van der Waals surface area contributed by atoms with Gasteiger partial charge in [-0.3, -0.25) is 0 Å². The summed E-state index contributed by atoms with van der Waals surface area (Å²) in [7, 11) is 0. The zero-order chi connectivity index (χ0) is 19.6. The topological polar surface area (TPSA) is 60.0 Å². The summed E-state index contributed by atoms with van der Waals surface area (Å²) in [6.07, 6.45) is 1.68. The maximum atomic E-state index is 5.92. The smallest absolute Gasteiger partial charge is 0.180 e. The molecule has 3 aromatic carbocycles. The first-order valence-corrected chi connectivity index (χ1v) is 10.00. The van der Waals surface area contributed by atoms with Crippen molar-refractivity contribution in [1.29, 1.82) is 0 Å². The van der Waals surface area contributed by atoms with Crippen molar-refractivity contribution in [3.63, 3.8) is 0 Å². The Labute approximate surface area is 170 Å². The third-order valence-electron chi connectivity index (χ3n) is 4.11. The molecule has 28 heavy (non-hydrogen) atoms. The number of hydrogen-bond donors (Lipinski definition) is 1. The number of hydrogen-bond acceptors (Lipinski definition) is 4. The summed E-state index contributed by atoms with van der Waals surface area (Å²) in [5, 5.41) is 8.58. The first-order valence-electron chi connectivity index (χ1n) is 9.01. The Morgan fingerprint density at radius 3 is 2.61 bits per heavy atom. The van der Waals surface area contributed by atoms with E-state index in [2.05, 4.69) is 41.4 Å². The molecule has 3 rings (SSSR count). The predicted octanol–water partition coefficient (Wildman–Crippen LogP) is 5.16. The van der Waals surface area contributed by atoms with Crippen molar-refractivity contribution < 1.29 is 4.74 Å². The molecule has 2 N–H and O–H groups in total. The van der Waals surface area contributed by atoms with Crippen molar-refractivity contribution in [3.05, 3.63) is 101 Å². The van der Waals surface area contributed by atoms with Gasteiger partial charge in [-0.2, -0.15) is 5.10 Å². The second kappa shape index (κ2) is 10.3. The molecule has 0 aliphatic heterocycles. The van der Waals surface area contributed by atoms with Crippen LogP contribution in [0.4, 0.5) is 0 Å². The van der Waals surface area contributed by atoms with Crippen LogP contribution in [0.2, 0.25) is 0 Å². The highest BCUT2D eigenvalue weighted by atomic mass is 32.2. The van der Waals surface area contributed by atoms with Gasteiger partial charge in [0.25, 0.3) is 0 Å². The Morgan fingerprint density at radius 2 is 1.79 bits per heavy atom. The fourth-order valence-corrected chi connectivity index (χ4v) is 3.14. The SMILES string of the molecule is Cc1ccccc1COc1cccc(C=NN=C(N)SCc2ccccc2)c1. The van der Waals surface area contributed by atoms with E-state index in [0.29, 0.717) is 11.8 Å². The molecule has 0 unspecified atom stereocenters. The van der Waals surface area contributed by atoms with Crippen molar-refractivity contribution in [2.75, 3.05) is 0 Å². The van der Waals surface area contributed by atoms with Crippen molar-refractivity contribution >= 4 is 23.1 Å². The van der Waals surface area contributed by atoms with Gasteiger partial charge in [0.15, 0.2) is 5.17 Å². The van der Waals surface area contributed by atoms with Crippen LogP contribution in [0.25, 0.3) is 0 Å². The normalized spacial score (nSPS) is 11.7. The maximum absolute atomic E-state index is 5.92. The van der Waals surface area contributed by atoms with E-state index in [9.17, 15) is 0 Å². The minimum Gasteiger partial charge on any atom is -0.489 e. The van der Waals surface area contributed by atoms with Crippen molar-refractivity contribution in [1.82, 2.24) is 0 Å². The molecule has 4 nitrogen and oxygen atoms in total. The number of nitrogens with two attached hydrogens (primary N) is 1. The molecule has 0 aromatic heterocycles. The largest absolute Gasteiger partial charge is 0.489 e. The van der Waals surface area contributed by atoms with Crippen LogP contribution in [-0.2, 0) is 12.4 Å². The van der Waals surface area contributed by atoms with E-state index in [1.165, 1.54) is 28.5 Å². The van der Waals surface area contributed by atoms with E-state index < -0.39 is 0 Å². The molecular formula is C23H23N3OS. The van der Waals surface area contributed by atoms with Gasteiger partial charge in [-0.15, -0.1) is 5.10 Å². The Kier molecular flexibility index (Phi) is 7.27. The van der Waals surface area contributed by atoms with Gasteiger partial charge in [0.2, 0.25) is 0 Å². The fraction of sp³-hybridized carbons (Fsp3) is 0.130. The van der Waals surface area contributed by atoms with Crippen LogP contribution in [0.5, 0.6) is 5.75 Å². The first kappa shape index (κ1) is 19.7. The van der Waals surface area contributed by atoms with Crippen molar-refractivity contribution in [2.24, 2.45) is 15.9 Å². The van der Waals surface area contributed by atoms with Crippen LogP contribution >= 0.6 is 11.8 Å². The minimum atomic E-state index is 0.437. The van der Waals surface area contributed by atoms with E-state index in [4.69, 9.17) is 10.5 Å². The van der Waals surface area contributed by atoms with E-state index in [-0.39, 0.29) is 0 Å². The molecule has 3 aromatic rings. The zero-order valence-electron chi connectivity index (χ0n) is 15.8. The second-order valence-electron chi connectivity index (χ2n) is 6.24. The van der Waals surface area contributed by atoms with Crippen LogP contribution in [0.3, 0.4) is 0 Å². The van der Waals surface area contributed by atoms with Gasteiger partial charge in [-0.25, -0.2) is 0 Å². The molecule has 0 bridgehead atoms. The molecule has 0 atom stereocenters. The Balaban J connectivity index is 1.54. The lowest BCUT2D eigenvalue weighted by atomic mass is 10.1. The molecule has 0 heterocycles. The number of ether oxygens (including phenoxy) is 1. The van der Waals surface area contributed by atoms with Crippen molar-refractivity contribution in [2.45, 2.75) is 19.3 Å². The van der Waals surface area contributed by atoms with Gasteiger partial charge < -0.3 is 10.5 Å². The number of amidine groups is 1. The summed E-state index contributed by atoms with van der Waals surface area (Å²) in [6.45, 7) is 2.62. The minimum absolute atomic E-state index is 0.437. The molecule has 0 aliphatic rings. The third-order valence-corrected chi connectivity index (χ3v) is 4.96. The van der Waals surface area contributed by atoms with Crippen LogP contribution in [0, 0.1) is 6.92 Å². The van der Waals surface area contributed by atoms with Crippen LogP contribution in [-0.4, -0.2) is 11.4 Å². The van der Waals surface area contributed by atoms with Gasteiger partial charge in [-0.05, 0) is 41.3 Å². The number of benzene rings is 3. The Morgan fingerprint density at radius 1 is 1.00 bits per heavy atom.